The number of rotatable bonds is 3. The Morgan fingerprint density at radius 2 is 2.08 bits per heavy atom. The summed E-state index contributed by atoms with van der Waals surface area (Å²) < 4.78 is 6.90. The average molecular weight is 358 g/mol. The van der Waals surface area contributed by atoms with Crippen molar-refractivity contribution >= 4 is 11.8 Å². The molecular formula is C17H18N4O5. The highest BCUT2D eigenvalue weighted by molar-refractivity contribution is 5.71. The van der Waals surface area contributed by atoms with Crippen molar-refractivity contribution in [2.24, 2.45) is 0 Å². The van der Waals surface area contributed by atoms with Gasteiger partial charge in [0.05, 0.1) is 11.0 Å². The molecule has 1 fully saturated rings. The van der Waals surface area contributed by atoms with Gasteiger partial charge in [0.2, 0.25) is 0 Å². The first-order valence-corrected chi connectivity index (χ1v) is 8.20. The molecule has 9 heteroatoms. The number of hydrogen-bond donors (Lipinski definition) is 0. The van der Waals surface area contributed by atoms with Crippen molar-refractivity contribution < 1.29 is 14.5 Å². The Balaban J connectivity index is 1.69. The molecule has 0 saturated carbocycles. The average Bonchev–Trinajstić information content (AvgIpc) is 2.64. The van der Waals surface area contributed by atoms with Crippen molar-refractivity contribution in [2.45, 2.75) is 25.8 Å². The topological polar surface area (TPSA) is 108 Å². The molecule has 0 N–H and O–H groups in total. The van der Waals surface area contributed by atoms with Crippen LogP contribution >= 0.6 is 0 Å². The lowest BCUT2D eigenvalue weighted by Gasteiger charge is -2.32. The van der Waals surface area contributed by atoms with Gasteiger partial charge in [-0.1, -0.05) is 0 Å². The number of non-ortho nitro benzene ring substituents is 1. The number of carbonyl (C=O) groups is 1. The van der Waals surface area contributed by atoms with Crippen LogP contribution in [0.3, 0.4) is 0 Å². The molecule has 9 nitrogen and oxygen atoms in total. The predicted molar refractivity (Wildman–Crippen MR) is 92.2 cm³/mol. The van der Waals surface area contributed by atoms with Gasteiger partial charge in [0, 0.05) is 37.6 Å². The summed E-state index contributed by atoms with van der Waals surface area (Å²) in [6.07, 6.45) is 4.19. The fourth-order valence-electron chi connectivity index (χ4n) is 2.96. The second kappa shape index (κ2) is 7.34. The molecule has 2 aromatic rings. The normalized spacial score (nSPS) is 17.0. The van der Waals surface area contributed by atoms with Gasteiger partial charge in [-0.15, -0.1) is 0 Å². The van der Waals surface area contributed by atoms with E-state index in [9.17, 15) is 19.7 Å². The zero-order valence-electron chi connectivity index (χ0n) is 14.2. The van der Waals surface area contributed by atoms with Gasteiger partial charge in [0.1, 0.15) is 11.4 Å². The molecule has 3 rings (SSSR count). The Kier molecular flexibility index (Phi) is 4.97. The first-order chi connectivity index (χ1) is 12.5. The van der Waals surface area contributed by atoms with Crippen LogP contribution in [0.1, 0.15) is 24.6 Å². The van der Waals surface area contributed by atoms with E-state index < -0.39 is 11.0 Å². The monoisotopic (exact) mass is 358 g/mol. The SMILES string of the molecule is Cc1nccn(C2CCCN(C(=O)Oc3ccc([N+](=O)[O-])cc3)C2)c1=O. The van der Waals surface area contributed by atoms with Crippen molar-refractivity contribution in [3.05, 3.63) is 62.8 Å². The van der Waals surface area contributed by atoms with Gasteiger partial charge in [-0.2, -0.15) is 0 Å². The van der Waals surface area contributed by atoms with Crippen LogP contribution in [0.2, 0.25) is 0 Å². The third-order valence-corrected chi connectivity index (χ3v) is 4.34. The van der Waals surface area contributed by atoms with E-state index in [-0.39, 0.29) is 23.0 Å². The quantitative estimate of drug-likeness (QED) is 0.615. The highest BCUT2D eigenvalue weighted by Gasteiger charge is 2.27. The minimum Gasteiger partial charge on any atom is -0.410 e. The van der Waals surface area contributed by atoms with Crippen LogP contribution < -0.4 is 10.3 Å². The third-order valence-electron chi connectivity index (χ3n) is 4.34. The van der Waals surface area contributed by atoms with Gasteiger partial charge < -0.3 is 14.2 Å². The summed E-state index contributed by atoms with van der Waals surface area (Å²) in [4.78, 5) is 40.3. The smallest absolute Gasteiger partial charge is 0.410 e. The Morgan fingerprint density at radius 1 is 1.35 bits per heavy atom. The van der Waals surface area contributed by atoms with Gasteiger partial charge in [0.15, 0.2) is 0 Å². The number of aromatic nitrogens is 2. The molecule has 0 spiro atoms. The first kappa shape index (κ1) is 17.6. The number of ether oxygens (including phenoxy) is 1. The van der Waals surface area contributed by atoms with E-state index in [1.165, 1.54) is 29.2 Å². The first-order valence-electron chi connectivity index (χ1n) is 8.20. The van der Waals surface area contributed by atoms with Crippen molar-refractivity contribution in [2.75, 3.05) is 13.1 Å². The summed E-state index contributed by atoms with van der Waals surface area (Å²) in [5.41, 5.74) is 0.177. The van der Waals surface area contributed by atoms with Gasteiger partial charge in [-0.05, 0) is 31.9 Å². The van der Waals surface area contributed by atoms with Crippen LogP contribution in [-0.2, 0) is 0 Å². The maximum Gasteiger partial charge on any atom is 0.415 e. The largest absolute Gasteiger partial charge is 0.415 e. The van der Waals surface area contributed by atoms with Crippen molar-refractivity contribution in [1.82, 2.24) is 14.5 Å². The molecule has 1 aliphatic heterocycles. The summed E-state index contributed by atoms with van der Waals surface area (Å²) in [5.74, 6) is 0.236. The molecular weight excluding hydrogens is 340 g/mol. The van der Waals surface area contributed by atoms with Gasteiger partial charge in [0.25, 0.3) is 11.2 Å². The maximum absolute atomic E-state index is 12.4. The number of amides is 1. The molecule has 1 aliphatic rings. The molecule has 136 valence electrons. The van der Waals surface area contributed by atoms with Gasteiger partial charge in [-0.3, -0.25) is 19.9 Å². The maximum atomic E-state index is 12.4. The molecule has 1 amide bonds. The second-order valence-electron chi connectivity index (χ2n) is 6.09. The van der Waals surface area contributed by atoms with Gasteiger partial charge in [-0.25, -0.2) is 4.79 Å². The fraction of sp³-hybridized carbons (Fsp3) is 0.353. The summed E-state index contributed by atoms with van der Waals surface area (Å²) in [5, 5.41) is 10.7. The third kappa shape index (κ3) is 3.71. The molecule has 0 aliphatic carbocycles. The fourth-order valence-corrected chi connectivity index (χ4v) is 2.96. The summed E-state index contributed by atoms with van der Waals surface area (Å²) in [7, 11) is 0. The Hall–Kier alpha value is -3.23. The lowest BCUT2D eigenvalue weighted by Crippen LogP contribution is -2.44. The molecule has 1 unspecified atom stereocenters. The second-order valence-corrected chi connectivity index (χ2v) is 6.09. The highest BCUT2D eigenvalue weighted by atomic mass is 16.6. The predicted octanol–water partition coefficient (Wildman–Crippen LogP) is 2.30. The Bertz CT molecular complexity index is 877. The molecule has 1 atom stereocenters. The molecule has 1 aromatic heterocycles. The minimum absolute atomic E-state index is 0.0738. The zero-order chi connectivity index (χ0) is 18.7. The number of nitro benzene ring substituents is 1. The van der Waals surface area contributed by atoms with E-state index in [0.29, 0.717) is 18.8 Å². The number of likely N-dealkylation sites (tertiary alicyclic amines) is 1. The Morgan fingerprint density at radius 3 is 2.77 bits per heavy atom. The molecule has 0 radical (unpaired) electrons. The zero-order valence-corrected chi connectivity index (χ0v) is 14.2. The van der Waals surface area contributed by atoms with Crippen LogP contribution in [0.15, 0.2) is 41.5 Å². The molecule has 26 heavy (non-hydrogen) atoms. The van der Waals surface area contributed by atoms with Crippen LogP contribution in [0.4, 0.5) is 10.5 Å². The van der Waals surface area contributed by atoms with Crippen LogP contribution in [0.25, 0.3) is 0 Å². The summed E-state index contributed by atoms with van der Waals surface area (Å²) in [6, 6.07) is 5.19. The number of aryl methyl sites for hydroxylation is 1. The number of hydrogen-bond acceptors (Lipinski definition) is 6. The van der Waals surface area contributed by atoms with E-state index in [4.69, 9.17) is 4.74 Å². The van der Waals surface area contributed by atoms with E-state index in [2.05, 4.69) is 4.98 Å². The molecule has 1 aromatic carbocycles. The van der Waals surface area contributed by atoms with Crippen molar-refractivity contribution in [3.8, 4) is 5.75 Å². The summed E-state index contributed by atoms with van der Waals surface area (Å²) >= 11 is 0. The van der Waals surface area contributed by atoms with E-state index in [0.717, 1.165) is 12.8 Å². The lowest BCUT2D eigenvalue weighted by atomic mass is 10.1. The minimum atomic E-state index is -0.539. The Labute approximate surface area is 149 Å². The highest BCUT2D eigenvalue weighted by Crippen LogP contribution is 2.22. The number of carbonyl (C=O) groups excluding carboxylic acids is 1. The van der Waals surface area contributed by atoms with Crippen LogP contribution in [-0.4, -0.2) is 38.6 Å². The van der Waals surface area contributed by atoms with E-state index in [1.54, 1.807) is 23.9 Å². The van der Waals surface area contributed by atoms with Crippen LogP contribution in [0.5, 0.6) is 5.75 Å². The van der Waals surface area contributed by atoms with Crippen LogP contribution in [0, 0.1) is 17.0 Å². The number of nitro groups is 1. The standard InChI is InChI=1S/C17H18N4O5/c1-12-16(22)20(10-8-18-12)14-3-2-9-19(11-14)17(23)26-15-6-4-13(5-7-15)21(24)25/h4-8,10,14H,2-3,9,11H2,1H3. The number of benzene rings is 1. The van der Waals surface area contributed by atoms with Gasteiger partial charge >= 0.3 is 6.09 Å². The summed E-state index contributed by atoms with van der Waals surface area (Å²) in [6.45, 7) is 2.54. The number of nitrogens with zero attached hydrogens (tertiary/aromatic N) is 4. The van der Waals surface area contributed by atoms with Crippen molar-refractivity contribution in [3.63, 3.8) is 0 Å². The number of piperidine rings is 1. The van der Waals surface area contributed by atoms with Crippen molar-refractivity contribution in [1.29, 1.82) is 0 Å². The molecule has 0 bridgehead atoms. The molecule has 1 saturated heterocycles. The van der Waals surface area contributed by atoms with E-state index in [1.807, 2.05) is 0 Å². The lowest BCUT2D eigenvalue weighted by molar-refractivity contribution is -0.384. The van der Waals surface area contributed by atoms with E-state index >= 15 is 0 Å². The molecule has 2 heterocycles.